The van der Waals surface area contributed by atoms with E-state index in [0.717, 1.165) is 16.9 Å². The van der Waals surface area contributed by atoms with E-state index in [2.05, 4.69) is 11.8 Å². The molecule has 0 unspecified atom stereocenters. The summed E-state index contributed by atoms with van der Waals surface area (Å²) in [6.45, 7) is 0.300. The van der Waals surface area contributed by atoms with Crippen molar-refractivity contribution in [3.05, 3.63) is 59.7 Å². The van der Waals surface area contributed by atoms with Crippen LogP contribution in [-0.2, 0) is 6.61 Å². The third-order valence-electron chi connectivity index (χ3n) is 2.74. The van der Waals surface area contributed by atoms with E-state index >= 15 is 0 Å². The highest BCUT2D eigenvalue weighted by Crippen LogP contribution is 2.19. The Balaban J connectivity index is 2.06. The fourth-order valence-electron chi connectivity index (χ4n) is 1.71. The van der Waals surface area contributed by atoms with Gasteiger partial charge in [-0.25, -0.2) is 0 Å². The summed E-state index contributed by atoms with van der Waals surface area (Å²) in [6.07, 6.45) is 0. The number of aliphatic hydroxyl groups excluding tert-OH is 1. The number of ether oxygens (including phenoxy) is 2. The number of methoxy groups -OCH3 is 1. The maximum Gasteiger partial charge on any atom is 0.135 e. The molecule has 0 aliphatic heterocycles. The first-order chi connectivity index (χ1) is 9.83. The van der Waals surface area contributed by atoms with Gasteiger partial charge in [-0.3, -0.25) is 0 Å². The lowest BCUT2D eigenvalue weighted by Crippen LogP contribution is -1.97. The van der Waals surface area contributed by atoms with E-state index in [1.54, 1.807) is 7.11 Å². The van der Waals surface area contributed by atoms with Crippen LogP contribution in [0.25, 0.3) is 0 Å². The quantitative estimate of drug-likeness (QED) is 0.866. The Morgan fingerprint density at radius 2 is 1.80 bits per heavy atom. The number of benzene rings is 2. The van der Waals surface area contributed by atoms with Crippen molar-refractivity contribution in [2.75, 3.05) is 13.7 Å². The Kier molecular flexibility index (Phi) is 5.05. The molecule has 2 aromatic carbocycles. The highest BCUT2D eigenvalue weighted by molar-refractivity contribution is 5.46. The molecular weight excluding hydrogens is 252 g/mol. The minimum atomic E-state index is -0.160. The van der Waals surface area contributed by atoms with Crippen molar-refractivity contribution in [1.82, 2.24) is 0 Å². The molecule has 0 saturated heterocycles. The molecule has 3 heteroatoms. The zero-order valence-corrected chi connectivity index (χ0v) is 11.3. The molecule has 0 saturated carbocycles. The molecule has 3 nitrogen and oxygen atoms in total. The van der Waals surface area contributed by atoms with Gasteiger partial charge in [-0.15, -0.1) is 0 Å². The van der Waals surface area contributed by atoms with Gasteiger partial charge in [-0.05, 0) is 29.8 Å². The van der Waals surface area contributed by atoms with Gasteiger partial charge in [0.25, 0.3) is 0 Å². The van der Waals surface area contributed by atoms with Gasteiger partial charge in [-0.2, -0.15) is 0 Å². The largest absolute Gasteiger partial charge is 0.497 e. The molecule has 1 N–H and O–H groups in total. The zero-order valence-electron chi connectivity index (χ0n) is 11.3. The van der Waals surface area contributed by atoms with Crippen molar-refractivity contribution >= 4 is 0 Å². The highest BCUT2D eigenvalue weighted by Gasteiger charge is 2.01. The SMILES string of the molecule is COc1ccc(COc2ccccc2C#CCO)cc1. The first-order valence-corrected chi connectivity index (χ1v) is 6.28. The van der Waals surface area contributed by atoms with E-state index in [9.17, 15) is 0 Å². The molecule has 0 aromatic heterocycles. The fourth-order valence-corrected chi connectivity index (χ4v) is 1.71. The number of rotatable bonds is 4. The van der Waals surface area contributed by atoms with Crippen molar-refractivity contribution < 1.29 is 14.6 Å². The topological polar surface area (TPSA) is 38.7 Å². The molecule has 0 amide bonds. The predicted molar refractivity (Wildman–Crippen MR) is 77.7 cm³/mol. The van der Waals surface area contributed by atoms with Gasteiger partial charge in [0.05, 0.1) is 12.7 Å². The second kappa shape index (κ2) is 7.22. The minimum Gasteiger partial charge on any atom is -0.497 e. The van der Waals surface area contributed by atoms with Crippen LogP contribution in [0.15, 0.2) is 48.5 Å². The Hall–Kier alpha value is -2.44. The Morgan fingerprint density at radius 1 is 1.05 bits per heavy atom. The summed E-state index contributed by atoms with van der Waals surface area (Å²) in [5, 5.41) is 8.75. The minimum absolute atomic E-state index is 0.160. The molecule has 0 aliphatic carbocycles. The summed E-state index contributed by atoms with van der Waals surface area (Å²) in [5.74, 6) is 7.03. The normalized spacial score (nSPS) is 9.50. The van der Waals surface area contributed by atoms with Gasteiger partial charge in [-0.1, -0.05) is 36.1 Å². The summed E-state index contributed by atoms with van der Waals surface area (Å²) in [7, 11) is 1.64. The molecule has 2 rings (SSSR count). The van der Waals surface area contributed by atoms with E-state index in [0.29, 0.717) is 12.4 Å². The standard InChI is InChI=1S/C17H16O3/c1-19-16-10-8-14(9-11-16)13-20-17-7-3-2-5-15(17)6-4-12-18/h2-3,5,7-11,18H,12-13H2,1H3. The number of hydrogen-bond acceptors (Lipinski definition) is 3. The molecule has 0 spiro atoms. The van der Waals surface area contributed by atoms with Crippen LogP contribution in [0.2, 0.25) is 0 Å². The number of aliphatic hydroxyl groups is 1. The molecule has 0 aliphatic rings. The van der Waals surface area contributed by atoms with Crippen LogP contribution in [-0.4, -0.2) is 18.8 Å². The van der Waals surface area contributed by atoms with Crippen molar-refractivity contribution in [2.24, 2.45) is 0 Å². The van der Waals surface area contributed by atoms with Crippen LogP contribution in [0, 0.1) is 11.8 Å². The Labute approximate surface area is 118 Å². The van der Waals surface area contributed by atoms with Crippen LogP contribution in [0.5, 0.6) is 11.5 Å². The molecule has 0 heterocycles. The molecular formula is C17H16O3. The van der Waals surface area contributed by atoms with Crippen LogP contribution >= 0.6 is 0 Å². The first kappa shape index (κ1) is 14.0. The first-order valence-electron chi connectivity index (χ1n) is 6.28. The molecule has 0 bridgehead atoms. The number of para-hydroxylation sites is 1. The Bertz CT molecular complexity index is 606. The van der Waals surface area contributed by atoms with Gasteiger partial charge in [0.15, 0.2) is 0 Å². The average Bonchev–Trinajstić information content (AvgIpc) is 2.52. The van der Waals surface area contributed by atoms with Gasteiger partial charge in [0.1, 0.15) is 24.7 Å². The lowest BCUT2D eigenvalue weighted by Gasteiger charge is -2.08. The second-order valence-electron chi connectivity index (χ2n) is 4.09. The van der Waals surface area contributed by atoms with E-state index in [-0.39, 0.29) is 6.61 Å². The molecule has 102 valence electrons. The van der Waals surface area contributed by atoms with Crippen molar-refractivity contribution in [3.8, 4) is 23.3 Å². The third kappa shape index (κ3) is 3.78. The van der Waals surface area contributed by atoms with Gasteiger partial charge >= 0.3 is 0 Å². The number of hydrogen-bond donors (Lipinski definition) is 1. The lowest BCUT2D eigenvalue weighted by atomic mass is 10.2. The van der Waals surface area contributed by atoms with E-state index in [1.807, 2.05) is 48.5 Å². The van der Waals surface area contributed by atoms with Gasteiger partial charge in [0.2, 0.25) is 0 Å². The predicted octanol–water partition coefficient (Wildman–Crippen LogP) is 2.62. The van der Waals surface area contributed by atoms with Crippen LogP contribution in [0.4, 0.5) is 0 Å². The van der Waals surface area contributed by atoms with Gasteiger partial charge < -0.3 is 14.6 Å². The zero-order chi connectivity index (χ0) is 14.2. The summed E-state index contributed by atoms with van der Waals surface area (Å²) in [4.78, 5) is 0. The van der Waals surface area contributed by atoms with Crippen molar-refractivity contribution in [3.63, 3.8) is 0 Å². The summed E-state index contributed by atoms with van der Waals surface area (Å²) in [5.41, 5.74) is 1.82. The second-order valence-corrected chi connectivity index (χ2v) is 4.09. The van der Waals surface area contributed by atoms with Crippen LogP contribution in [0.3, 0.4) is 0 Å². The lowest BCUT2D eigenvalue weighted by molar-refractivity contribution is 0.305. The maximum absolute atomic E-state index is 8.75. The molecule has 20 heavy (non-hydrogen) atoms. The van der Waals surface area contributed by atoms with Crippen LogP contribution in [0.1, 0.15) is 11.1 Å². The molecule has 0 fully saturated rings. The van der Waals surface area contributed by atoms with Crippen molar-refractivity contribution in [2.45, 2.75) is 6.61 Å². The summed E-state index contributed by atoms with van der Waals surface area (Å²) >= 11 is 0. The van der Waals surface area contributed by atoms with E-state index in [4.69, 9.17) is 14.6 Å². The van der Waals surface area contributed by atoms with Crippen LogP contribution < -0.4 is 9.47 Å². The van der Waals surface area contributed by atoms with E-state index < -0.39 is 0 Å². The Morgan fingerprint density at radius 3 is 2.50 bits per heavy atom. The smallest absolute Gasteiger partial charge is 0.135 e. The maximum atomic E-state index is 8.75. The highest BCUT2D eigenvalue weighted by atomic mass is 16.5. The van der Waals surface area contributed by atoms with Gasteiger partial charge in [0, 0.05) is 0 Å². The van der Waals surface area contributed by atoms with Crippen molar-refractivity contribution in [1.29, 1.82) is 0 Å². The third-order valence-corrected chi connectivity index (χ3v) is 2.74. The molecule has 2 aromatic rings. The summed E-state index contributed by atoms with van der Waals surface area (Å²) < 4.78 is 10.9. The average molecular weight is 268 g/mol. The molecule has 0 atom stereocenters. The summed E-state index contributed by atoms with van der Waals surface area (Å²) in [6, 6.07) is 15.2. The fraction of sp³-hybridized carbons (Fsp3) is 0.176. The van der Waals surface area contributed by atoms with E-state index in [1.165, 1.54) is 0 Å². The monoisotopic (exact) mass is 268 g/mol. The molecule has 0 radical (unpaired) electrons.